The quantitative estimate of drug-likeness (QED) is 0.855. The minimum atomic E-state index is -0.0235. The Kier molecular flexibility index (Phi) is 3.98. The van der Waals surface area contributed by atoms with Gasteiger partial charge in [-0.15, -0.1) is 11.3 Å². The highest BCUT2D eigenvalue weighted by Gasteiger charge is 2.20. The van der Waals surface area contributed by atoms with E-state index in [9.17, 15) is 4.79 Å². The fraction of sp³-hybridized carbons (Fsp3) is 0.400. The van der Waals surface area contributed by atoms with E-state index < -0.39 is 0 Å². The Balaban J connectivity index is 1.75. The molecule has 1 aliphatic heterocycles. The third-order valence-corrected chi connectivity index (χ3v) is 4.20. The van der Waals surface area contributed by atoms with E-state index in [-0.39, 0.29) is 11.9 Å². The van der Waals surface area contributed by atoms with Crippen LogP contribution in [0, 0.1) is 13.8 Å². The van der Waals surface area contributed by atoms with Gasteiger partial charge in [-0.3, -0.25) is 4.79 Å². The Bertz CT molecular complexity index is 665. The molecule has 6 heteroatoms. The Morgan fingerprint density at radius 2 is 2.14 bits per heavy atom. The van der Waals surface area contributed by atoms with Gasteiger partial charge in [-0.25, -0.2) is 9.97 Å². The maximum Gasteiger partial charge on any atom is 0.188 e. The summed E-state index contributed by atoms with van der Waals surface area (Å²) >= 11 is 1.51. The van der Waals surface area contributed by atoms with Crippen molar-refractivity contribution < 1.29 is 9.53 Å². The van der Waals surface area contributed by atoms with Crippen molar-refractivity contribution in [2.45, 2.75) is 26.4 Å². The number of nitrogens with zero attached hydrogens (tertiary/aromatic N) is 2. The first kappa shape index (κ1) is 14.2. The molecule has 0 unspecified atom stereocenters. The highest BCUT2D eigenvalue weighted by molar-refractivity contribution is 7.09. The summed E-state index contributed by atoms with van der Waals surface area (Å²) in [6, 6.07) is 3.59. The molecule has 0 aromatic carbocycles. The number of aryl methyl sites for hydroxylation is 2. The summed E-state index contributed by atoms with van der Waals surface area (Å²) in [6.45, 7) is 5.50. The van der Waals surface area contributed by atoms with Crippen LogP contribution in [0.1, 0.15) is 26.9 Å². The number of carbonyl (C=O) groups is 1. The molecule has 0 spiro atoms. The lowest BCUT2D eigenvalue weighted by atomic mass is 10.1. The average Bonchev–Trinajstić information content (AvgIpc) is 2.79. The van der Waals surface area contributed by atoms with Crippen molar-refractivity contribution in [1.29, 1.82) is 0 Å². The average molecular weight is 303 g/mol. The molecule has 0 atom stereocenters. The smallest absolute Gasteiger partial charge is 0.188 e. The van der Waals surface area contributed by atoms with E-state index >= 15 is 0 Å². The molecule has 1 fully saturated rings. The number of hydrogen-bond acceptors (Lipinski definition) is 6. The standard InChI is InChI=1S/C15H17N3O2S/c1-9-3-11(20-12-6-16-7-12)4-13(17-9)14(19)5-15-18-10(2)8-21-15/h3-4,8,12,16H,5-7H2,1-2H3. The molecule has 0 aliphatic carbocycles. The third-order valence-electron chi connectivity index (χ3n) is 3.24. The zero-order chi connectivity index (χ0) is 14.8. The fourth-order valence-corrected chi connectivity index (χ4v) is 2.87. The molecule has 3 rings (SSSR count). The van der Waals surface area contributed by atoms with Crippen LogP contribution in [0.4, 0.5) is 0 Å². The van der Waals surface area contributed by atoms with E-state index in [0.29, 0.717) is 17.9 Å². The van der Waals surface area contributed by atoms with Gasteiger partial charge in [0.1, 0.15) is 22.6 Å². The van der Waals surface area contributed by atoms with Crippen LogP contribution in [-0.2, 0) is 6.42 Å². The Hall–Kier alpha value is -1.79. The minimum absolute atomic E-state index is 0.0235. The lowest BCUT2D eigenvalue weighted by Gasteiger charge is -2.28. The van der Waals surface area contributed by atoms with Gasteiger partial charge in [0.15, 0.2) is 5.78 Å². The Labute approximate surface area is 127 Å². The molecule has 110 valence electrons. The number of nitrogens with one attached hydrogen (secondary N) is 1. The van der Waals surface area contributed by atoms with Gasteiger partial charge in [-0.1, -0.05) is 0 Å². The number of pyridine rings is 1. The summed E-state index contributed by atoms with van der Waals surface area (Å²) in [7, 11) is 0. The largest absolute Gasteiger partial charge is 0.488 e. The maximum atomic E-state index is 12.3. The van der Waals surface area contributed by atoms with E-state index in [2.05, 4.69) is 15.3 Å². The van der Waals surface area contributed by atoms with Crippen LogP contribution in [-0.4, -0.2) is 34.9 Å². The molecule has 0 amide bonds. The molecule has 0 saturated carbocycles. The topological polar surface area (TPSA) is 64.1 Å². The van der Waals surface area contributed by atoms with Crippen LogP contribution in [0.3, 0.4) is 0 Å². The first-order valence-corrected chi connectivity index (χ1v) is 7.78. The van der Waals surface area contributed by atoms with Gasteiger partial charge in [0.2, 0.25) is 0 Å². The van der Waals surface area contributed by atoms with Crippen molar-refractivity contribution >= 4 is 17.1 Å². The highest BCUT2D eigenvalue weighted by Crippen LogP contribution is 2.19. The third kappa shape index (κ3) is 3.46. The SMILES string of the molecule is Cc1cc(OC2CNC2)cc(C(=O)Cc2nc(C)cs2)n1. The van der Waals surface area contributed by atoms with Gasteiger partial charge in [-0.05, 0) is 13.8 Å². The summed E-state index contributed by atoms with van der Waals surface area (Å²) in [6.07, 6.45) is 0.482. The lowest BCUT2D eigenvalue weighted by molar-refractivity contribution is 0.0985. The van der Waals surface area contributed by atoms with Gasteiger partial charge in [0.05, 0.1) is 6.42 Å². The van der Waals surface area contributed by atoms with Crippen LogP contribution >= 0.6 is 11.3 Å². The highest BCUT2D eigenvalue weighted by atomic mass is 32.1. The number of carbonyl (C=O) groups excluding carboxylic acids is 1. The van der Waals surface area contributed by atoms with Gasteiger partial charge in [0, 0.05) is 42.0 Å². The van der Waals surface area contributed by atoms with E-state index in [1.807, 2.05) is 25.3 Å². The fourth-order valence-electron chi connectivity index (χ4n) is 2.10. The number of ether oxygens (including phenoxy) is 1. The van der Waals surface area contributed by atoms with E-state index in [4.69, 9.17) is 4.74 Å². The maximum absolute atomic E-state index is 12.3. The minimum Gasteiger partial charge on any atom is -0.488 e. The van der Waals surface area contributed by atoms with Crippen molar-refractivity contribution in [3.8, 4) is 5.75 Å². The zero-order valence-corrected chi connectivity index (χ0v) is 12.9. The van der Waals surface area contributed by atoms with E-state index in [1.165, 1.54) is 11.3 Å². The number of rotatable bonds is 5. The molecule has 3 heterocycles. The van der Waals surface area contributed by atoms with Crippen LogP contribution < -0.4 is 10.1 Å². The molecule has 2 aromatic rings. The molecular weight excluding hydrogens is 286 g/mol. The predicted molar refractivity (Wildman–Crippen MR) is 81.1 cm³/mol. The van der Waals surface area contributed by atoms with Crippen molar-refractivity contribution in [1.82, 2.24) is 15.3 Å². The van der Waals surface area contributed by atoms with Gasteiger partial charge < -0.3 is 10.1 Å². The van der Waals surface area contributed by atoms with Gasteiger partial charge >= 0.3 is 0 Å². The summed E-state index contributed by atoms with van der Waals surface area (Å²) in [4.78, 5) is 21.0. The second-order valence-corrected chi connectivity index (χ2v) is 6.15. The molecule has 1 saturated heterocycles. The van der Waals surface area contributed by atoms with Crippen molar-refractivity contribution in [2.24, 2.45) is 0 Å². The molecule has 0 radical (unpaired) electrons. The van der Waals surface area contributed by atoms with E-state index in [1.54, 1.807) is 6.07 Å². The molecule has 2 aromatic heterocycles. The van der Waals surface area contributed by atoms with Crippen molar-refractivity contribution in [3.63, 3.8) is 0 Å². The van der Waals surface area contributed by atoms with Crippen LogP contribution in [0.5, 0.6) is 5.75 Å². The number of Topliss-reactive ketones (excluding diaryl/α,β-unsaturated/α-hetero) is 1. The zero-order valence-electron chi connectivity index (χ0n) is 12.0. The second-order valence-electron chi connectivity index (χ2n) is 5.21. The van der Waals surface area contributed by atoms with Crippen LogP contribution in [0.2, 0.25) is 0 Å². The summed E-state index contributed by atoms with van der Waals surface area (Å²) in [5.41, 5.74) is 2.19. The van der Waals surface area contributed by atoms with Crippen LogP contribution in [0.25, 0.3) is 0 Å². The van der Waals surface area contributed by atoms with Crippen LogP contribution in [0.15, 0.2) is 17.5 Å². The molecule has 1 N–H and O–H groups in total. The monoisotopic (exact) mass is 303 g/mol. The number of thiazole rings is 1. The molecular formula is C15H17N3O2S. The molecule has 0 bridgehead atoms. The normalized spacial score (nSPS) is 14.8. The Morgan fingerprint density at radius 3 is 2.76 bits per heavy atom. The second kappa shape index (κ2) is 5.91. The summed E-state index contributed by atoms with van der Waals surface area (Å²) in [5, 5.41) is 5.93. The van der Waals surface area contributed by atoms with Gasteiger partial charge in [-0.2, -0.15) is 0 Å². The summed E-state index contributed by atoms with van der Waals surface area (Å²) < 4.78 is 5.81. The van der Waals surface area contributed by atoms with Crippen molar-refractivity contribution in [3.05, 3.63) is 39.6 Å². The number of hydrogen-bond donors (Lipinski definition) is 1. The first-order valence-electron chi connectivity index (χ1n) is 6.90. The van der Waals surface area contributed by atoms with E-state index in [0.717, 1.165) is 29.5 Å². The predicted octanol–water partition coefficient (Wildman–Crippen LogP) is 1.93. The lowest BCUT2D eigenvalue weighted by Crippen LogP contribution is -2.50. The molecule has 21 heavy (non-hydrogen) atoms. The number of ketones is 1. The molecule has 5 nitrogen and oxygen atoms in total. The first-order chi connectivity index (χ1) is 10.1. The molecule has 1 aliphatic rings. The number of aromatic nitrogens is 2. The Morgan fingerprint density at radius 1 is 1.33 bits per heavy atom. The van der Waals surface area contributed by atoms with Gasteiger partial charge in [0.25, 0.3) is 0 Å². The summed E-state index contributed by atoms with van der Waals surface area (Å²) in [5.74, 6) is 0.692. The van der Waals surface area contributed by atoms with Crippen molar-refractivity contribution in [2.75, 3.05) is 13.1 Å².